The summed E-state index contributed by atoms with van der Waals surface area (Å²) in [6.45, 7) is 1.61. The zero-order chi connectivity index (χ0) is 10.7. The average Bonchev–Trinajstić information content (AvgIpc) is 2.11. The number of hydrogen-bond donors (Lipinski definition) is 2. The zero-order valence-corrected chi connectivity index (χ0v) is 7.33. The summed E-state index contributed by atoms with van der Waals surface area (Å²) in [7, 11) is 0. The van der Waals surface area contributed by atoms with Gasteiger partial charge in [-0.25, -0.2) is 9.18 Å². The second kappa shape index (κ2) is 3.91. The smallest absolute Gasteiger partial charge is 0.341 e. The van der Waals surface area contributed by atoms with Crippen molar-refractivity contribution < 1.29 is 19.0 Å². The van der Waals surface area contributed by atoms with E-state index in [1.54, 1.807) is 11.9 Å². The van der Waals surface area contributed by atoms with Crippen LogP contribution >= 0.6 is 0 Å². The maximum Gasteiger partial charge on any atom is 0.341 e. The number of aromatic amines is 1. The van der Waals surface area contributed by atoms with Gasteiger partial charge in [0.2, 0.25) is 5.88 Å². The van der Waals surface area contributed by atoms with Crippen LogP contribution in [-0.4, -0.2) is 22.7 Å². The standard InChI is InChI=1S/C8H8FNO4/c1-2-14-8(13)4-3-5(11)10-7(12)6(4)9/h3H,2H2,1H3,(H2,10,11,12). The number of aromatic hydroxyl groups is 1. The van der Waals surface area contributed by atoms with Crippen molar-refractivity contribution in [3.8, 4) is 5.88 Å². The maximum atomic E-state index is 13.0. The van der Waals surface area contributed by atoms with Crippen LogP contribution < -0.4 is 5.56 Å². The summed E-state index contributed by atoms with van der Waals surface area (Å²) in [6, 6.07) is 0.729. The molecule has 2 N–H and O–H groups in total. The molecule has 0 radical (unpaired) electrons. The first kappa shape index (κ1) is 10.2. The van der Waals surface area contributed by atoms with Crippen molar-refractivity contribution in [3.05, 3.63) is 27.8 Å². The minimum atomic E-state index is -1.19. The number of aromatic nitrogens is 1. The topological polar surface area (TPSA) is 79.4 Å². The van der Waals surface area contributed by atoms with E-state index in [0.717, 1.165) is 6.07 Å². The lowest BCUT2D eigenvalue weighted by atomic mass is 10.2. The summed E-state index contributed by atoms with van der Waals surface area (Å²) in [5, 5.41) is 8.86. The third kappa shape index (κ3) is 1.90. The SMILES string of the molecule is CCOC(=O)c1cc(=O)[nH]c(O)c1F. The Balaban J connectivity index is 3.20. The minimum absolute atomic E-state index is 0.0613. The normalized spacial score (nSPS) is 9.86. The van der Waals surface area contributed by atoms with Gasteiger partial charge >= 0.3 is 5.97 Å². The van der Waals surface area contributed by atoms with Crippen LogP contribution in [0.2, 0.25) is 0 Å². The second-order valence-electron chi connectivity index (χ2n) is 2.43. The average molecular weight is 201 g/mol. The van der Waals surface area contributed by atoms with E-state index in [9.17, 15) is 14.0 Å². The van der Waals surface area contributed by atoms with Gasteiger partial charge in [0.1, 0.15) is 5.56 Å². The van der Waals surface area contributed by atoms with Crippen LogP contribution in [0.5, 0.6) is 5.88 Å². The molecule has 0 unspecified atom stereocenters. The van der Waals surface area contributed by atoms with Gasteiger partial charge in [0.25, 0.3) is 5.56 Å². The molecule has 0 aromatic carbocycles. The highest BCUT2D eigenvalue weighted by molar-refractivity contribution is 5.89. The van der Waals surface area contributed by atoms with Crippen molar-refractivity contribution in [3.63, 3.8) is 0 Å². The molecule has 0 saturated carbocycles. The number of pyridine rings is 1. The van der Waals surface area contributed by atoms with E-state index in [2.05, 4.69) is 4.74 Å². The van der Waals surface area contributed by atoms with Gasteiger partial charge < -0.3 is 9.84 Å². The number of esters is 1. The second-order valence-corrected chi connectivity index (χ2v) is 2.43. The molecule has 0 bridgehead atoms. The Morgan fingerprint density at radius 2 is 2.36 bits per heavy atom. The first-order valence-electron chi connectivity index (χ1n) is 3.85. The van der Waals surface area contributed by atoms with Crippen LogP contribution in [0.25, 0.3) is 0 Å². The Hall–Kier alpha value is -1.85. The van der Waals surface area contributed by atoms with Gasteiger partial charge in [0, 0.05) is 6.07 Å². The largest absolute Gasteiger partial charge is 0.492 e. The van der Waals surface area contributed by atoms with Gasteiger partial charge in [0.05, 0.1) is 6.61 Å². The van der Waals surface area contributed by atoms with Crippen molar-refractivity contribution in [2.45, 2.75) is 6.92 Å². The van der Waals surface area contributed by atoms with E-state index >= 15 is 0 Å². The third-order valence-electron chi connectivity index (χ3n) is 1.46. The van der Waals surface area contributed by atoms with Crippen molar-refractivity contribution in [1.29, 1.82) is 0 Å². The van der Waals surface area contributed by atoms with E-state index in [4.69, 9.17) is 5.11 Å². The van der Waals surface area contributed by atoms with E-state index < -0.39 is 28.8 Å². The number of carbonyl (C=O) groups excluding carboxylic acids is 1. The fraction of sp³-hybridized carbons (Fsp3) is 0.250. The minimum Gasteiger partial charge on any atom is -0.492 e. The molecule has 0 spiro atoms. The number of halogens is 1. The highest BCUT2D eigenvalue weighted by Crippen LogP contribution is 2.14. The molecule has 76 valence electrons. The summed E-state index contributed by atoms with van der Waals surface area (Å²) < 4.78 is 17.5. The monoisotopic (exact) mass is 201 g/mol. The lowest BCUT2D eigenvalue weighted by molar-refractivity contribution is 0.0519. The van der Waals surface area contributed by atoms with Crippen molar-refractivity contribution in [2.75, 3.05) is 6.61 Å². The Labute approximate surface area is 78.1 Å². The Kier molecular flexibility index (Phi) is 2.85. The first-order chi connectivity index (χ1) is 6.56. The lowest BCUT2D eigenvalue weighted by Gasteiger charge is -2.02. The molecule has 0 fully saturated rings. The Morgan fingerprint density at radius 3 is 2.93 bits per heavy atom. The third-order valence-corrected chi connectivity index (χ3v) is 1.46. The molecule has 14 heavy (non-hydrogen) atoms. The van der Waals surface area contributed by atoms with Crippen LogP contribution in [0.3, 0.4) is 0 Å². The fourth-order valence-electron chi connectivity index (χ4n) is 0.887. The van der Waals surface area contributed by atoms with Gasteiger partial charge in [-0.2, -0.15) is 0 Å². The number of H-pyrrole nitrogens is 1. The number of hydrogen-bond acceptors (Lipinski definition) is 4. The van der Waals surface area contributed by atoms with E-state index in [1.165, 1.54) is 0 Å². The lowest BCUT2D eigenvalue weighted by Crippen LogP contribution is -2.14. The molecule has 0 aliphatic rings. The van der Waals surface area contributed by atoms with Crippen molar-refractivity contribution >= 4 is 5.97 Å². The number of rotatable bonds is 2. The number of carbonyl (C=O) groups is 1. The summed E-state index contributed by atoms with van der Waals surface area (Å²) in [5.41, 5.74) is -1.35. The van der Waals surface area contributed by atoms with E-state index in [1.807, 2.05) is 0 Å². The predicted molar refractivity (Wildman–Crippen MR) is 44.6 cm³/mol. The highest BCUT2D eigenvalue weighted by atomic mass is 19.1. The molecule has 6 heteroatoms. The first-order valence-corrected chi connectivity index (χ1v) is 3.85. The molecule has 0 saturated heterocycles. The zero-order valence-electron chi connectivity index (χ0n) is 7.33. The fourth-order valence-corrected chi connectivity index (χ4v) is 0.887. The molecule has 1 aromatic heterocycles. The molecule has 5 nitrogen and oxygen atoms in total. The number of ether oxygens (including phenoxy) is 1. The van der Waals surface area contributed by atoms with E-state index in [-0.39, 0.29) is 6.61 Å². The predicted octanol–water partition coefficient (Wildman–Crippen LogP) is 0.396. The summed E-state index contributed by atoms with van der Waals surface area (Å²) >= 11 is 0. The van der Waals surface area contributed by atoms with Crippen LogP contribution in [0.15, 0.2) is 10.9 Å². The number of nitrogens with one attached hydrogen (secondary N) is 1. The highest BCUT2D eigenvalue weighted by Gasteiger charge is 2.17. The summed E-state index contributed by atoms with van der Waals surface area (Å²) in [6.07, 6.45) is 0. The molecular weight excluding hydrogens is 193 g/mol. The summed E-state index contributed by atoms with van der Waals surface area (Å²) in [5.74, 6) is -3.14. The van der Waals surface area contributed by atoms with Crippen LogP contribution in [-0.2, 0) is 4.74 Å². The van der Waals surface area contributed by atoms with Gasteiger partial charge in [-0.15, -0.1) is 0 Å². The maximum absolute atomic E-state index is 13.0. The molecule has 1 aromatic rings. The van der Waals surface area contributed by atoms with Gasteiger partial charge in [-0.05, 0) is 6.92 Å². The van der Waals surface area contributed by atoms with Crippen LogP contribution in [0.1, 0.15) is 17.3 Å². The Morgan fingerprint density at radius 1 is 1.71 bits per heavy atom. The summed E-state index contributed by atoms with van der Waals surface area (Å²) in [4.78, 5) is 23.6. The van der Waals surface area contributed by atoms with Crippen LogP contribution in [0.4, 0.5) is 4.39 Å². The molecule has 0 aliphatic heterocycles. The van der Waals surface area contributed by atoms with E-state index in [0.29, 0.717) is 0 Å². The molecule has 0 aliphatic carbocycles. The van der Waals surface area contributed by atoms with Gasteiger partial charge in [-0.3, -0.25) is 9.78 Å². The van der Waals surface area contributed by atoms with Gasteiger partial charge in [-0.1, -0.05) is 0 Å². The molecule has 0 amide bonds. The molecule has 0 atom stereocenters. The Bertz CT molecular complexity index is 412. The van der Waals surface area contributed by atoms with Crippen molar-refractivity contribution in [2.24, 2.45) is 0 Å². The van der Waals surface area contributed by atoms with Crippen molar-refractivity contribution in [1.82, 2.24) is 4.98 Å². The molecule has 1 rings (SSSR count). The van der Waals surface area contributed by atoms with Gasteiger partial charge in [0.15, 0.2) is 5.82 Å². The quantitative estimate of drug-likeness (QED) is 0.678. The molecular formula is C8H8FNO4. The molecule has 1 heterocycles. The van der Waals surface area contributed by atoms with Crippen LogP contribution in [0, 0.1) is 5.82 Å².